The van der Waals surface area contributed by atoms with Gasteiger partial charge < -0.3 is 10.8 Å². The average molecular weight is 357 g/mol. The van der Waals surface area contributed by atoms with Crippen molar-refractivity contribution in [1.82, 2.24) is 0 Å². The SMILES string of the molecule is C[C@]12C[C@H](O)[C@H]3[C@@H](CCC4=CC(=O)C=C[C@@]43C)[C@@H]1CC[C@@H]2C(=O)C(N)=O. The van der Waals surface area contributed by atoms with Gasteiger partial charge in [-0.1, -0.05) is 25.5 Å². The fraction of sp³-hybridized carbons (Fsp3) is 0.667. The summed E-state index contributed by atoms with van der Waals surface area (Å²) in [5.74, 6) is -1.06. The van der Waals surface area contributed by atoms with Crippen LogP contribution in [0, 0.1) is 34.5 Å². The van der Waals surface area contributed by atoms with Gasteiger partial charge in [0.25, 0.3) is 5.91 Å². The number of Topliss-reactive ketones (excluding diaryl/α,β-unsaturated/α-hetero) is 1. The molecule has 0 saturated heterocycles. The van der Waals surface area contributed by atoms with Crippen LogP contribution in [0.3, 0.4) is 0 Å². The molecule has 4 rings (SSSR count). The van der Waals surface area contributed by atoms with Crippen molar-refractivity contribution >= 4 is 17.5 Å². The van der Waals surface area contributed by atoms with Crippen molar-refractivity contribution in [1.29, 1.82) is 0 Å². The lowest BCUT2D eigenvalue weighted by Crippen LogP contribution is -2.56. The summed E-state index contributed by atoms with van der Waals surface area (Å²) in [6, 6.07) is 0. The van der Waals surface area contributed by atoms with E-state index < -0.39 is 17.8 Å². The molecular weight excluding hydrogens is 330 g/mol. The maximum absolute atomic E-state index is 12.4. The molecule has 5 nitrogen and oxygen atoms in total. The van der Waals surface area contributed by atoms with Crippen molar-refractivity contribution in [3.05, 3.63) is 23.8 Å². The molecule has 140 valence electrons. The Bertz CT molecular complexity index is 753. The largest absolute Gasteiger partial charge is 0.393 e. The quantitative estimate of drug-likeness (QED) is 0.738. The maximum atomic E-state index is 12.4. The molecule has 0 heterocycles. The molecule has 3 fully saturated rings. The van der Waals surface area contributed by atoms with Crippen LogP contribution in [0.15, 0.2) is 23.8 Å². The molecule has 1 amide bonds. The first-order valence-corrected chi connectivity index (χ1v) is 9.64. The van der Waals surface area contributed by atoms with Crippen LogP contribution in [0.4, 0.5) is 0 Å². The number of primary amides is 1. The second-order valence-electron chi connectivity index (χ2n) is 9.16. The summed E-state index contributed by atoms with van der Waals surface area (Å²) in [5, 5.41) is 11.2. The lowest BCUT2D eigenvalue weighted by molar-refractivity contribution is -0.147. The maximum Gasteiger partial charge on any atom is 0.285 e. The molecule has 4 aliphatic carbocycles. The number of ketones is 2. The minimum atomic E-state index is -0.858. The van der Waals surface area contributed by atoms with Gasteiger partial charge in [0, 0.05) is 17.3 Å². The van der Waals surface area contributed by atoms with E-state index in [4.69, 9.17) is 5.73 Å². The molecule has 0 spiro atoms. The molecule has 0 unspecified atom stereocenters. The van der Waals surface area contributed by atoms with E-state index in [9.17, 15) is 19.5 Å². The van der Waals surface area contributed by atoms with E-state index in [1.807, 2.05) is 6.08 Å². The average Bonchev–Trinajstić information content (AvgIpc) is 2.90. The van der Waals surface area contributed by atoms with Crippen LogP contribution in [-0.2, 0) is 14.4 Å². The molecule has 7 atom stereocenters. The van der Waals surface area contributed by atoms with Crippen molar-refractivity contribution in [3.8, 4) is 0 Å². The Morgan fingerprint density at radius 1 is 1.23 bits per heavy atom. The normalized spacial score (nSPS) is 46.8. The number of hydrogen-bond donors (Lipinski definition) is 2. The highest BCUT2D eigenvalue weighted by molar-refractivity contribution is 6.36. The van der Waals surface area contributed by atoms with Gasteiger partial charge in [0.05, 0.1) is 6.10 Å². The number of carbonyl (C=O) groups excluding carboxylic acids is 3. The zero-order valence-electron chi connectivity index (χ0n) is 15.4. The fourth-order valence-corrected chi connectivity index (χ4v) is 6.93. The predicted octanol–water partition coefficient (Wildman–Crippen LogP) is 1.94. The second-order valence-corrected chi connectivity index (χ2v) is 9.16. The molecule has 0 aromatic carbocycles. The summed E-state index contributed by atoms with van der Waals surface area (Å²) in [6.45, 7) is 4.19. The monoisotopic (exact) mass is 357 g/mol. The van der Waals surface area contributed by atoms with E-state index in [1.165, 1.54) is 0 Å². The number of fused-ring (bicyclic) bond motifs is 5. The first-order valence-electron chi connectivity index (χ1n) is 9.64. The van der Waals surface area contributed by atoms with Crippen molar-refractivity contribution in [2.75, 3.05) is 0 Å². The fourth-order valence-electron chi connectivity index (χ4n) is 6.93. The highest BCUT2D eigenvalue weighted by Gasteiger charge is 2.62. The van der Waals surface area contributed by atoms with Gasteiger partial charge in [-0.2, -0.15) is 0 Å². The zero-order chi connectivity index (χ0) is 18.9. The topological polar surface area (TPSA) is 97.5 Å². The molecule has 26 heavy (non-hydrogen) atoms. The lowest BCUT2D eigenvalue weighted by atomic mass is 9.46. The van der Waals surface area contributed by atoms with E-state index in [2.05, 4.69) is 13.8 Å². The molecule has 5 heteroatoms. The summed E-state index contributed by atoms with van der Waals surface area (Å²) in [7, 11) is 0. The Hall–Kier alpha value is -1.75. The highest BCUT2D eigenvalue weighted by atomic mass is 16.3. The first kappa shape index (κ1) is 17.7. The molecule has 3 N–H and O–H groups in total. The van der Waals surface area contributed by atoms with Gasteiger partial charge in [0.1, 0.15) is 0 Å². The van der Waals surface area contributed by atoms with E-state index in [0.29, 0.717) is 18.8 Å². The zero-order valence-corrected chi connectivity index (χ0v) is 15.4. The Morgan fingerprint density at radius 2 is 1.96 bits per heavy atom. The molecule has 0 aromatic rings. The minimum absolute atomic E-state index is 0.0269. The van der Waals surface area contributed by atoms with Gasteiger partial charge in [0.2, 0.25) is 5.78 Å². The van der Waals surface area contributed by atoms with E-state index in [1.54, 1.807) is 12.2 Å². The Morgan fingerprint density at radius 3 is 2.65 bits per heavy atom. The Balaban J connectivity index is 1.71. The van der Waals surface area contributed by atoms with E-state index >= 15 is 0 Å². The Kier molecular flexibility index (Phi) is 3.82. The van der Waals surface area contributed by atoms with Gasteiger partial charge in [-0.25, -0.2) is 0 Å². The molecule has 0 radical (unpaired) electrons. The molecule has 0 aliphatic heterocycles. The number of hydrogen-bond acceptors (Lipinski definition) is 4. The predicted molar refractivity (Wildman–Crippen MR) is 95.7 cm³/mol. The minimum Gasteiger partial charge on any atom is -0.393 e. The third-order valence-corrected chi connectivity index (χ3v) is 8.05. The number of nitrogens with two attached hydrogens (primary N) is 1. The third kappa shape index (κ3) is 2.22. The van der Waals surface area contributed by atoms with Crippen molar-refractivity contribution in [2.24, 2.45) is 40.2 Å². The molecule has 3 saturated carbocycles. The molecule has 4 aliphatic rings. The Labute approximate surface area is 153 Å². The molecule has 0 bridgehead atoms. The van der Waals surface area contributed by atoms with Crippen LogP contribution < -0.4 is 5.73 Å². The van der Waals surface area contributed by atoms with Crippen LogP contribution in [0.2, 0.25) is 0 Å². The smallest absolute Gasteiger partial charge is 0.285 e. The summed E-state index contributed by atoms with van der Waals surface area (Å²) in [6.07, 6.45) is 8.63. The van der Waals surface area contributed by atoms with Gasteiger partial charge >= 0.3 is 0 Å². The number of aliphatic hydroxyl groups excluding tert-OH is 1. The summed E-state index contributed by atoms with van der Waals surface area (Å²) in [4.78, 5) is 35.7. The molecular formula is C21H27NO4. The van der Waals surface area contributed by atoms with Gasteiger partial charge in [-0.3, -0.25) is 14.4 Å². The number of aliphatic hydroxyl groups is 1. The van der Waals surface area contributed by atoms with Crippen LogP contribution in [0.5, 0.6) is 0 Å². The molecule has 0 aromatic heterocycles. The van der Waals surface area contributed by atoms with Crippen molar-refractivity contribution in [2.45, 2.75) is 52.1 Å². The van der Waals surface area contributed by atoms with Gasteiger partial charge in [-0.15, -0.1) is 0 Å². The van der Waals surface area contributed by atoms with Crippen molar-refractivity contribution < 1.29 is 19.5 Å². The highest BCUT2D eigenvalue weighted by Crippen LogP contribution is 2.66. The second kappa shape index (κ2) is 5.62. The van der Waals surface area contributed by atoms with E-state index in [-0.39, 0.29) is 34.4 Å². The van der Waals surface area contributed by atoms with Crippen LogP contribution in [0.25, 0.3) is 0 Å². The standard InChI is InChI=1S/C21H27NO4/c1-20-8-7-12(23)9-11(20)3-4-13-14-5-6-15(18(25)19(22)26)21(14,2)10-16(24)17(13)20/h7-9,13-17,24H,3-6,10H2,1-2H3,(H2,22,26)/t13-,14-,15+,16-,17+,20-,21-/m0/s1. The number of carbonyl (C=O) groups is 3. The van der Waals surface area contributed by atoms with E-state index in [0.717, 1.165) is 24.8 Å². The lowest BCUT2D eigenvalue weighted by Gasteiger charge is -2.58. The van der Waals surface area contributed by atoms with Gasteiger partial charge in [0.15, 0.2) is 5.78 Å². The number of amides is 1. The van der Waals surface area contributed by atoms with Crippen LogP contribution in [0.1, 0.15) is 46.0 Å². The summed E-state index contributed by atoms with van der Waals surface area (Å²) >= 11 is 0. The van der Waals surface area contributed by atoms with Crippen molar-refractivity contribution in [3.63, 3.8) is 0 Å². The van der Waals surface area contributed by atoms with Crippen LogP contribution in [-0.4, -0.2) is 28.7 Å². The summed E-state index contributed by atoms with van der Waals surface area (Å²) < 4.78 is 0. The van der Waals surface area contributed by atoms with Crippen LogP contribution >= 0.6 is 0 Å². The van der Waals surface area contributed by atoms with Gasteiger partial charge in [-0.05, 0) is 61.5 Å². The summed E-state index contributed by atoms with van der Waals surface area (Å²) in [5.41, 5.74) is 5.73. The first-order chi connectivity index (χ1) is 12.2. The number of allylic oxidation sites excluding steroid dienone is 4. The number of rotatable bonds is 2. The third-order valence-electron chi connectivity index (χ3n) is 8.05.